The molecule has 0 saturated heterocycles. The van der Waals surface area contributed by atoms with E-state index in [0.29, 0.717) is 16.5 Å². The van der Waals surface area contributed by atoms with E-state index in [2.05, 4.69) is 5.32 Å². The minimum absolute atomic E-state index is 0.0568. The van der Waals surface area contributed by atoms with Crippen molar-refractivity contribution >= 4 is 23.2 Å². The van der Waals surface area contributed by atoms with Crippen LogP contribution < -0.4 is 15.8 Å². The Morgan fingerprint density at radius 2 is 1.90 bits per heavy atom. The van der Waals surface area contributed by atoms with E-state index in [9.17, 15) is 4.79 Å². The highest BCUT2D eigenvalue weighted by Crippen LogP contribution is 2.19. The summed E-state index contributed by atoms with van der Waals surface area (Å²) in [7, 11) is 0. The first-order chi connectivity index (χ1) is 10.1. The summed E-state index contributed by atoms with van der Waals surface area (Å²) in [5.41, 5.74) is 7.42. The minimum Gasteiger partial charge on any atom is -0.484 e. The fraction of sp³-hybridized carbons (Fsp3) is 0.188. The number of para-hydroxylation sites is 1. The standard InChI is InChI=1S/C16H17ClN2O2/c1-11(14-4-2-3-5-15(14)18)19-16(20)10-21-13-8-6-12(17)7-9-13/h2-9,11H,10,18H2,1H3,(H,19,20). The van der Waals surface area contributed by atoms with Gasteiger partial charge >= 0.3 is 0 Å². The minimum atomic E-state index is -0.208. The summed E-state index contributed by atoms with van der Waals surface area (Å²) in [6.07, 6.45) is 0. The van der Waals surface area contributed by atoms with Crippen LogP contribution in [0.15, 0.2) is 48.5 Å². The molecule has 21 heavy (non-hydrogen) atoms. The molecule has 5 heteroatoms. The fourth-order valence-electron chi connectivity index (χ4n) is 1.95. The molecule has 0 aliphatic heterocycles. The number of halogens is 1. The highest BCUT2D eigenvalue weighted by molar-refractivity contribution is 6.30. The molecule has 0 fully saturated rings. The molecule has 1 unspecified atom stereocenters. The first-order valence-corrected chi connectivity index (χ1v) is 6.96. The molecule has 0 aliphatic carbocycles. The van der Waals surface area contributed by atoms with Gasteiger partial charge in [0.25, 0.3) is 5.91 Å². The zero-order valence-electron chi connectivity index (χ0n) is 11.7. The van der Waals surface area contributed by atoms with Crippen molar-refractivity contribution in [1.29, 1.82) is 0 Å². The molecule has 0 aliphatic rings. The van der Waals surface area contributed by atoms with Crippen LogP contribution in [0.25, 0.3) is 0 Å². The van der Waals surface area contributed by atoms with Gasteiger partial charge in [0.2, 0.25) is 0 Å². The van der Waals surface area contributed by atoms with E-state index in [0.717, 1.165) is 5.56 Å². The second kappa shape index (κ2) is 6.99. The highest BCUT2D eigenvalue weighted by atomic mass is 35.5. The molecule has 3 N–H and O–H groups in total. The van der Waals surface area contributed by atoms with Gasteiger partial charge in [-0.2, -0.15) is 0 Å². The van der Waals surface area contributed by atoms with Crippen LogP contribution in [0, 0.1) is 0 Å². The van der Waals surface area contributed by atoms with Crippen molar-refractivity contribution in [2.24, 2.45) is 0 Å². The molecule has 0 bridgehead atoms. The lowest BCUT2D eigenvalue weighted by atomic mass is 10.1. The first-order valence-electron chi connectivity index (χ1n) is 6.58. The highest BCUT2D eigenvalue weighted by Gasteiger charge is 2.12. The largest absolute Gasteiger partial charge is 0.484 e. The number of nitrogens with two attached hydrogens (primary N) is 1. The Kier molecular flexibility index (Phi) is 5.06. The smallest absolute Gasteiger partial charge is 0.258 e. The van der Waals surface area contributed by atoms with E-state index >= 15 is 0 Å². The molecule has 0 radical (unpaired) electrons. The van der Waals surface area contributed by atoms with Crippen LogP contribution in [0.3, 0.4) is 0 Å². The SMILES string of the molecule is CC(NC(=O)COc1ccc(Cl)cc1)c1ccccc1N. The van der Waals surface area contributed by atoms with E-state index < -0.39 is 0 Å². The number of rotatable bonds is 5. The van der Waals surface area contributed by atoms with Crippen LogP contribution in [-0.4, -0.2) is 12.5 Å². The Morgan fingerprint density at radius 1 is 1.24 bits per heavy atom. The van der Waals surface area contributed by atoms with Crippen molar-refractivity contribution in [3.8, 4) is 5.75 Å². The summed E-state index contributed by atoms with van der Waals surface area (Å²) in [6, 6.07) is 14.1. The van der Waals surface area contributed by atoms with Crippen molar-refractivity contribution in [3.05, 3.63) is 59.1 Å². The average Bonchev–Trinajstić information content (AvgIpc) is 2.47. The first kappa shape index (κ1) is 15.2. The number of ether oxygens (including phenoxy) is 1. The molecule has 0 spiro atoms. The topological polar surface area (TPSA) is 64.3 Å². The van der Waals surface area contributed by atoms with Crippen molar-refractivity contribution in [3.63, 3.8) is 0 Å². The molecule has 0 aromatic heterocycles. The molecule has 2 aromatic rings. The Hall–Kier alpha value is -2.20. The average molecular weight is 305 g/mol. The van der Waals surface area contributed by atoms with Gasteiger partial charge in [0.15, 0.2) is 6.61 Å². The third kappa shape index (κ3) is 4.39. The fourth-order valence-corrected chi connectivity index (χ4v) is 2.07. The summed E-state index contributed by atoms with van der Waals surface area (Å²) < 4.78 is 5.39. The second-order valence-electron chi connectivity index (χ2n) is 4.66. The maximum absolute atomic E-state index is 11.9. The van der Waals surface area contributed by atoms with Crippen molar-refractivity contribution in [2.45, 2.75) is 13.0 Å². The number of hydrogen-bond acceptors (Lipinski definition) is 3. The van der Waals surface area contributed by atoms with Gasteiger partial charge in [-0.1, -0.05) is 29.8 Å². The Bertz CT molecular complexity index is 614. The third-order valence-electron chi connectivity index (χ3n) is 3.02. The number of carbonyl (C=O) groups excluding carboxylic acids is 1. The number of nitrogens with one attached hydrogen (secondary N) is 1. The number of hydrogen-bond donors (Lipinski definition) is 2. The molecule has 0 heterocycles. The summed E-state index contributed by atoms with van der Waals surface area (Å²) in [6.45, 7) is 1.82. The Labute approximate surface area is 128 Å². The lowest BCUT2D eigenvalue weighted by Gasteiger charge is -2.16. The summed E-state index contributed by atoms with van der Waals surface area (Å²) in [4.78, 5) is 11.9. The van der Waals surface area contributed by atoms with Crippen molar-refractivity contribution in [2.75, 3.05) is 12.3 Å². The van der Waals surface area contributed by atoms with Crippen molar-refractivity contribution < 1.29 is 9.53 Å². The lowest BCUT2D eigenvalue weighted by Crippen LogP contribution is -2.31. The van der Waals surface area contributed by atoms with Gasteiger partial charge in [0, 0.05) is 10.7 Å². The monoisotopic (exact) mass is 304 g/mol. The molecule has 4 nitrogen and oxygen atoms in total. The van der Waals surface area contributed by atoms with E-state index in [1.165, 1.54) is 0 Å². The normalized spacial score (nSPS) is 11.7. The van der Waals surface area contributed by atoms with Gasteiger partial charge in [0.1, 0.15) is 5.75 Å². The van der Waals surface area contributed by atoms with Crippen molar-refractivity contribution in [1.82, 2.24) is 5.32 Å². The lowest BCUT2D eigenvalue weighted by molar-refractivity contribution is -0.123. The number of amides is 1. The van der Waals surface area contributed by atoms with Gasteiger partial charge in [-0.3, -0.25) is 4.79 Å². The summed E-state index contributed by atoms with van der Waals surface area (Å²) in [5, 5.41) is 3.47. The van der Waals surface area contributed by atoms with E-state index in [1.807, 2.05) is 31.2 Å². The zero-order valence-corrected chi connectivity index (χ0v) is 12.4. The molecule has 1 amide bonds. The molecule has 1 atom stereocenters. The van der Waals surface area contributed by atoms with Crippen LogP contribution in [0.2, 0.25) is 5.02 Å². The Balaban J connectivity index is 1.87. The molecular weight excluding hydrogens is 288 g/mol. The molecule has 110 valence electrons. The maximum atomic E-state index is 11.9. The number of anilines is 1. The summed E-state index contributed by atoms with van der Waals surface area (Å²) >= 11 is 5.78. The predicted molar refractivity (Wildman–Crippen MR) is 84.4 cm³/mol. The number of nitrogen functional groups attached to an aromatic ring is 1. The van der Waals surface area contributed by atoms with Crippen LogP contribution >= 0.6 is 11.6 Å². The molecule has 2 aromatic carbocycles. The van der Waals surface area contributed by atoms with Gasteiger partial charge in [0.05, 0.1) is 6.04 Å². The molecule has 2 rings (SSSR count). The van der Waals surface area contributed by atoms with Gasteiger partial charge in [-0.25, -0.2) is 0 Å². The van der Waals surface area contributed by atoms with Gasteiger partial charge in [-0.05, 0) is 42.8 Å². The van der Waals surface area contributed by atoms with E-state index in [4.69, 9.17) is 22.1 Å². The number of benzene rings is 2. The van der Waals surface area contributed by atoms with Crippen LogP contribution in [0.5, 0.6) is 5.75 Å². The number of carbonyl (C=O) groups is 1. The predicted octanol–water partition coefficient (Wildman–Crippen LogP) is 3.18. The van der Waals surface area contributed by atoms with Gasteiger partial charge < -0.3 is 15.8 Å². The second-order valence-corrected chi connectivity index (χ2v) is 5.10. The molecular formula is C16H17ClN2O2. The van der Waals surface area contributed by atoms with Crippen LogP contribution in [-0.2, 0) is 4.79 Å². The molecule has 0 saturated carbocycles. The summed E-state index contributed by atoms with van der Waals surface area (Å²) in [5.74, 6) is 0.391. The maximum Gasteiger partial charge on any atom is 0.258 e. The van der Waals surface area contributed by atoms with Crippen LogP contribution in [0.4, 0.5) is 5.69 Å². The zero-order chi connectivity index (χ0) is 15.2. The van der Waals surface area contributed by atoms with Gasteiger partial charge in [-0.15, -0.1) is 0 Å². The van der Waals surface area contributed by atoms with Crippen LogP contribution in [0.1, 0.15) is 18.5 Å². The third-order valence-corrected chi connectivity index (χ3v) is 3.28. The Morgan fingerprint density at radius 3 is 2.57 bits per heavy atom. The van der Waals surface area contributed by atoms with E-state index in [-0.39, 0.29) is 18.6 Å². The quantitative estimate of drug-likeness (QED) is 0.834. The van der Waals surface area contributed by atoms with E-state index in [1.54, 1.807) is 24.3 Å².